The summed E-state index contributed by atoms with van der Waals surface area (Å²) in [6.07, 6.45) is 2.17. The summed E-state index contributed by atoms with van der Waals surface area (Å²) >= 11 is 0. The van der Waals surface area contributed by atoms with E-state index in [0.717, 1.165) is 29.7 Å². The van der Waals surface area contributed by atoms with Crippen LogP contribution in [0.15, 0.2) is 30.3 Å². The minimum absolute atomic E-state index is 0.272. The number of carbonyl (C=O) groups is 1. The van der Waals surface area contributed by atoms with E-state index in [2.05, 4.69) is 5.10 Å². The van der Waals surface area contributed by atoms with E-state index in [0.29, 0.717) is 18.3 Å². The molecular weight excluding hydrogens is 252 g/mol. The maximum Gasteiger partial charge on any atom is 0.356 e. The van der Waals surface area contributed by atoms with Crippen molar-refractivity contribution >= 4 is 5.97 Å². The van der Waals surface area contributed by atoms with Crippen molar-refractivity contribution in [2.45, 2.75) is 32.7 Å². The van der Waals surface area contributed by atoms with Crippen LogP contribution >= 0.6 is 0 Å². The number of benzene rings is 1. The van der Waals surface area contributed by atoms with Crippen LogP contribution < -0.4 is 0 Å². The van der Waals surface area contributed by atoms with Gasteiger partial charge in [-0.05, 0) is 26.7 Å². The number of nitrogens with zero attached hydrogens (tertiary/aromatic N) is 2. The first-order valence-electron chi connectivity index (χ1n) is 7.04. The van der Waals surface area contributed by atoms with Crippen molar-refractivity contribution in [1.82, 2.24) is 9.78 Å². The molecule has 0 radical (unpaired) electrons. The number of rotatable bonds is 4. The molecule has 4 nitrogen and oxygen atoms in total. The van der Waals surface area contributed by atoms with Crippen molar-refractivity contribution < 1.29 is 9.53 Å². The number of aromatic nitrogens is 2. The van der Waals surface area contributed by atoms with Crippen LogP contribution in [0.5, 0.6) is 0 Å². The predicted molar refractivity (Wildman–Crippen MR) is 76.6 cm³/mol. The summed E-state index contributed by atoms with van der Waals surface area (Å²) in [5, 5.41) is 4.66. The molecule has 0 unspecified atom stereocenters. The molecule has 0 saturated heterocycles. The van der Waals surface area contributed by atoms with Gasteiger partial charge in [0.05, 0.1) is 18.3 Å². The van der Waals surface area contributed by atoms with Gasteiger partial charge in [0.2, 0.25) is 0 Å². The highest BCUT2D eigenvalue weighted by Crippen LogP contribution is 2.38. The van der Waals surface area contributed by atoms with Crippen molar-refractivity contribution in [2.75, 3.05) is 6.61 Å². The quantitative estimate of drug-likeness (QED) is 0.800. The van der Waals surface area contributed by atoms with Crippen molar-refractivity contribution in [1.29, 1.82) is 0 Å². The van der Waals surface area contributed by atoms with Crippen LogP contribution in [-0.4, -0.2) is 22.4 Å². The van der Waals surface area contributed by atoms with E-state index in [4.69, 9.17) is 4.74 Å². The molecule has 0 amide bonds. The Kier molecular flexibility index (Phi) is 3.30. The molecule has 0 spiro atoms. The standard InChI is InChI=1S/C16H18N2O2/c1-3-20-16(19)15-11(2)14(12-7-5-4-6-8-12)17-18(15)13-9-10-13/h4-8,13H,3,9-10H2,1-2H3. The molecule has 0 aliphatic heterocycles. The van der Waals surface area contributed by atoms with Gasteiger partial charge in [-0.15, -0.1) is 0 Å². The molecule has 1 aliphatic rings. The Bertz CT molecular complexity index is 627. The van der Waals surface area contributed by atoms with E-state index in [9.17, 15) is 4.79 Å². The van der Waals surface area contributed by atoms with Gasteiger partial charge >= 0.3 is 5.97 Å². The molecule has 3 rings (SSSR count). The summed E-state index contributed by atoms with van der Waals surface area (Å²) in [4.78, 5) is 12.2. The fraction of sp³-hybridized carbons (Fsp3) is 0.375. The summed E-state index contributed by atoms with van der Waals surface area (Å²) in [7, 11) is 0. The summed E-state index contributed by atoms with van der Waals surface area (Å²) in [5.74, 6) is -0.272. The van der Waals surface area contributed by atoms with Crippen molar-refractivity contribution in [2.24, 2.45) is 0 Å². The normalized spacial score (nSPS) is 14.3. The molecule has 1 aromatic heterocycles. The first-order chi connectivity index (χ1) is 9.72. The first kappa shape index (κ1) is 12.9. The number of hydrogen-bond acceptors (Lipinski definition) is 3. The fourth-order valence-corrected chi connectivity index (χ4v) is 2.42. The minimum Gasteiger partial charge on any atom is -0.461 e. The summed E-state index contributed by atoms with van der Waals surface area (Å²) in [6.45, 7) is 4.15. The van der Waals surface area contributed by atoms with E-state index in [1.54, 1.807) is 0 Å². The van der Waals surface area contributed by atoms with Crippen LogP contribution in [0.25, 0.3) is 11.3 Å². The maximum atomic E-state index is 12.2. The molecule has 1 aromatic carbocycles. The lowest BCUT2D eigenvalue weighted by Gasteiger charge is -2.05. The monoisotopic (exact) mass is 270 g/mol. The topological polar surface area (TPSA) is 44.1 Å². The molecule has 1 heterocycles. The van der Waals surface area contributed by atoms with Gasteiger partial charge in [-0.25, -0.2) is 4.79 Å². The molecule has 4 heteroatoms. The van der Waals surface area contributed by atoms with Crippen LogP contribution in [-0.2, 0) is 4.74 Å². The van der Waals surface area contributed by atoms with Crippen molar-refractivity contribution in [3.63, 3.8) is 0 Å². The lowest BCUT2D eigenvalue weighted by atomic mass is 10.1. The lowest BCUT2D eigenvalue weighted by molar-refractivity contribution is 0.0510. The zero-order valence-corrected chi connectivity index (χ0v) is 11.8. The van der Waals surface area contributed by atoms with Crippen LogP contribution in [0, 0.1) is 6.92 Å². The first-order valence-corrected chi connectivity index (χ1v) is 7.04. The van der Waals surface area contributed by atoms with E-state index < -0.39 is 0 Å². The second kappa shape index (κ2) is 5.12. The van der Waals surface area contributed by atoms with Gasteiger partial charge in [0.15, 0.2) is 0 Å². The van der Waals surface area contributed by atoms with Crippen LogP contribution in [0.1, 0.15) is 41.9 Å². The Morgan fingerprint density at radius 3 is 2.65 bits per heavy atom. The Hall–Kier alpha value is -2.10. The number of esters is 1. The Morgan fingerprint density at radius 2 is 2.05 bits per heavy atom. The Labute approximate surface area is 118 Å². The second-order valence-corrected chi connectivity index (χ2v) is 5.08. The summed E-state index contributed by atoms with van der Waals surface area (Å²) in [5.41, 5.74) is 3.42. The van der Waals surface area contributed by atoms with Crippen LogP contribution in [0.4, 0.5) is 0 Å². The zero-order valence-electron chi connectivity index (χ0n) is 11.8. The Balaban J connectivity index is 2.09. The molecule has 0 N–H and O–H groups in total. The van der Waals surface area contributed by atoms with Crippen LogP contribution in [0.2, 0.25) is 0 Å². The molecule has 0 atom stereocenters. The molecule has 20 heavy (non-hydrogen) atoms. The molecule has 0 bridgehead atoms. The third kappa shape index (κ3) is 2.22. The highest BCUT2D eigenvalue weighted by Gasteiger charge is 2.32. The predicted octanol–water partition coefficient (Wildman–Crippen LogP) is 3.37. The molecule has 1 aliphatic carbocycles. The van der Waals surface area contributed by atoms with Gasteiger partial charge in [0.1, 0.15) is 5.69 Å². The van der Waals surface area contributed by atoms with Gasteiger partial charge in [-0.1, -0.05) is 30.3 Å². The highest BCUT2D eigenvalue weighted by atomic mass is 16.5. The van der Waals surface area contributed by atoms with E-state index in [1.165, 1.54) is 0 Å². The largest absolute Gasteiger partial charge is 0.461 e. The average molecular weight is 270 g/mol. The maximum absolute atomic E-state index is 12.2. The smallest absolute Gasteiger partial charge is 0.356 e. The molecule has 1 fully saturated rings. The van der Waals surface area contributed by atoms with Gasteiger partial charge in [0, 0.05) is 11.1 Å². The number of carbonyl (C=O) groups excluding carboxylic acids is 1. The van der Waals surface area contributed by atoms with E-state index in [-0.39, 0.29) is 5.97 Å². The van der Waals surface area contributed by atoms with Crippen molar-refractivity contribution in [3.8, 4) is 11.3 Å². The van der Waals surface area contributed by atoms with Gasteiger partial charge in [-0.3, -0.25) is 4.68 Å². The zero-order chi connectivity index (χ0) is 14.1. The molecule has 104 valence electrons. The fourth-order valence-electron chi connectivity index (χ4n) is 2.42. The molecular formula is C16H18N2O2. The Morgan fingerprint density at radius 1 is 1.35 bits per heavy atom. The van der Waals surface area contributed by atoms with Crippen molar-refractivity contribution in [3.05, 3.63) is 41.6 Å². The lowest BCUT2D eigenvalue weighted by Crippen LogP contribution is -2.13. The third-order valence-corrected chi connectivity index (χ3v) is 3.56. The minimum atomic E-state index is -0.272. The highest BCUT2D eigenvalue weighted by molar-refractivity contribution is 5.91. The van der Waals surface area contributed by atoms with E-state index >= 15 is 0 Å². The van der Waals surface area contributed by atoms with Gasteiger partial charge < -0.3 is 4.74 Å². The average Bonchev–Trinajstić information content (AvgIpc) is 3.24. The van der Waals surface area contributed by atoms with Gasteiger partial charge in [0.25, 0.3) is 0 Å². The summed E-state index contributed by atoms with van der Waals surface area (Å²) < 4.78 is 7.03. The number of hydrogen-bond donors (Lipinski definition) is 0. The third-order valence-electron chi connectivity index (χ3n) is 3.56. The second-order valence-electron chi connectivity index (χ2n) is 5.08. The van der Waals surface area contributed by atoms with E-state index in [1.807, 2.05) is 48.9 Å². The van der Waals surface area contributed by atoms with Gasteiger partial charge in [-0.2, -0.15) is 5.10 Å². The summed E-state index contributed by atoms with van der Waals surface area (Å²) in [6, 6.07) is 10.3. The van der Waals surface area contributed by atoms with Crippen LogP contribution in [0.3, 0.4) is 0 Å². The molecule has 1 saturated carbocycles. The number of ether oxygens (including phenoxy) is 1. The molecule has 2 aromatic rings. The SMILES string of the molecule is CCOC(=O)c1c(C)c(-c2ccccc2)nn1C1CC1.